The lowest BCUT2D eigenvalue weighted by Gasteiger charge is -1.94. The lowest BCUT2D eigenvalue weighted by Crippen LogP contribution is -1.76. The lowest BCUT2D eigenvalue weighted by molar-refractivity contribution is 0.667. The molecule has 1 heterocycles. The highest BCUT2D eigenvalue weighted by molar-refractivity contribution is 5.64. The quantitative estimate of drug-likeness (QED) is 0.675. The Morgan fingerprint density at radius 3 is 2.71 bits per heavy atom. The van der Waals surface area contributed by atoms with E-state index < -0.39 is 0 Å². The summed E-state index contributed by atoms with van der Waals surface area (Å²) in [5, 5.41) is 0. The van der Waals surface area contributed by atoms with Crippen molar-refractivity contribution in [3.8, 4) is 0 Å². The van der Waals surface area contributed by atoms with E-state index in [1.165, 1.54) is 12.2 Å². The van der Waals surface area contributed by atoms with Crippen LogP contribution < -0.4 is 0 Å². The molecule has 1 nitrogen and oxygen atoms in total. The fraction of sp³-hybridized carbons (Fsp3) is 0.0667. The van der Waals surface area contributed by atoms with Gasteiger partial charge in [0.1, 0.15) is 5.83 Å². The molecule has 0 unspecified atom stereocenters. The summed E-state index contributed by atoms with van der Waals surface area (Å²) in [6.45, 7) is 1.94. The maximum atomic E-state index is 13.3. The highest BCUT2D eigenvalue weighted by atomic mass is 19.1. The Morgan fingerprint density at radius 2 is 1.82 bits per heavy atom. The predicted octanol–water partition coefficient (Wildman–Crippen LogP) is 4.41. The third-order valence-electron chi connectivity index (χ3n) is 2.47. The summed E-state index contributed by atoms with van der Waals surface area (Å²) in [5.74, 6) is -0.254. The first-order valence-corrected chi connectivity index (χ1v) is 5.50. The van der Waals surface area contributed by atoms with Gasteiger partial charge in [-0.3, -0.25) is 0 Å². The summed E-state index contributed by atoms with van der Waals surface area (Å²) >= 11 is 0. The first-order chi connectivity index (χ1) is 8.25. The largest absolute Gasteiger partial charge is 0.361 e. The van der Waals surface area contributed by atoms with Crippen LogP contribution in [0.2, 0.25) is 0 Å². The van der Waals surface area contributed by atoms with Crippen LogP contribution in [0.4, 0.5) is 4.39 Å². The van der Waals surface area contributed by atoms with Gasteiger partial charge in [0.25, 0.3) is 0 Å². The van der Waals surface area contributed by atoms with Gasteiger partial charge in [-0.25, -0.2) is 4.39 Å². The Balaban J connectivity index is 2.42. The molecule has 2 rings (SSSR count). The first kappa shape index (κ1) is 11.4. The predicted molar refractivity (Wildman–Crippen MR) is 70.9 cm³/mol. The fourth-order valence-corrected chi connectivity index (χ4v) is 1.55. The Kier molecular flexibility index (Phi) is 3.55. The molecule has 1 aromatic rings. The fourth-order valence-electron chi connectivity index (χ4n) is 1.55. The van der Waals surface area contributed by atoms with Gasteiger partial charge in [0.05, 0.1) is 0 Å². The molecule has 0 fully saturated rings. The van der Waals surface area contributed by atoms with E-state index in [9.17, 15) is 4.39 Å². The lowest BCUT2D eigenvalue weighted by atomic mass is 10.1. The second-order valence-corrected chi connectivity index (χ2v) is 3.86. The molecule has 0 aliphatic heterocycles. The average Bonchev–Trinajstić information content (AvgIpc) is 2.73. The van der Waals surface area contributed by atoms with Crippen LogP contribution in [0.1, 0.15) is 18.2 Å². The molecule has 0 bridgehead atoms. The van der Waals surface area contributed by atoms with Crippen molar-refractivity contribution in [2.45, 2.75) is 6.92 Å². The molecular formula is C15H14FN. The molecule has 1 aliphatic rings. The number of halogens is 1. The molecule has 0 saturated carbocycles. The van der Waals surface area contributed by atoms with Gasteiger partial charge in [0.15, 0.2) is 0 Å². The van der Waals surface area contributed by atoms with Crippen molar-refractivity contribution in [3.05, 3.63) is 71.4 Å². The summed E-state index contributed by atoms with van der Waals surface area (Å²) in [6, 6.07) is 1.96. The molecule has 1 aromatic heterocycles. The normalized spacial score (nSPS) is 27.4. The van der Waals surface area contributed by atoms with Crippen LogP contribution in [0.3, 0.4) is 0 Å². The number of nitrogens with one attached hydrogen (secondary N) is 1. The highest BCUT2D eigenvalue weighted by Gasteiger charge is 1.95. The second-order valence-electron chi connectivity index (χ2n) is 3.86. The molecule has 86 valence electrons. The molecule has 0 saturated heterocycles. The van der Waals surface area contributed by atoms with Gasteiger partial charge >= 0.3 is 0 Å². The maximum absolute atomic E-state index is 13.3. The van der Waals surface area contributed by atoms with E-state index in [2.05, 4.69) is 4.98 Å². The molecule has 0 spiro atoms. The van der Waals surface area contributed by atoms with Crippen LogP contribution in [0.15, 0.2) is 60.1 Å². The molecule has 0 amide bonds. The summed E-state index contributed by atoms with van der Waals surface area (Å²) in [5.41, 5.74) is 3.06. The van der Waals surface area contributed by atoms with E-state index >= 15 is 0 Å². The molecule has 0 aromatic carbocycles. The number of hydrogen-bond acceptors (Lipinski definition) is 0. The zero-order valence-corrected chi connectivity index (χ0v) is 9.65. The minimum absolute atomic E-state index is 0.254. The standard InChI is InChI=1S/C15H14FN/c1-12-4-2-7-15-13(10-11-17-15)5-3-6-14(16)9-8-12/h2-11,17H,1H3/b4-2?,5-3-,6-3?,7-2+,9-8-,12-4+,12-8?,13-5?,14-6+,14-9?,15-7?. The number of rotatable bonds is 0. The van der Waals surface area contributed by atoms with Crippen molar-refractivity contribution < 1.29 is 4.39 Å². The van der Waals surface area contributed by atoms with Gasteiger partial charge in [0.2, 0.25) is 0 Å². The average molecular weight is 227 g/mol. The molecular weight excluding hydrogens is 213 g/mol. The van der Waals surface area contributed by atoms with E-state index in [0.717, 1.165) is 16.8 Å². The van der Waals surface area contributed by atoms with Crippen molar-refractivity contribution in [1.29, 1.82) is 0 Å². The van der Waals surface area contributed by atoms with Crippen LogP contribution in [-0.4, -0.2) is 4.98 Å². The minimum Gasteiger partial charge on any atom is -0.361 e. The Labute approximate surface area is 100 Å². The molecule has 0 atom stereocenters. The Morgan fingerprint density at radius 1 is 1.00 bits per heavy atom. The smallest absolute Gasteiger partial charge is 0.123 e. The third-order valence-corrected chi connectivity index (χ3v) is 2.47. The van der Waals surface area contributed by atoms with Crippen LogP contribution >= 0.6 is 0 Å². The van der Waals surface area contributed by atoms with Crippen molar-refractivity contribution in [1.82, 2.24) is 4.98 Å². The van der Waals surface area contributed by atoms with Gasteiger partial charge in [-0.1, -0.05) is 36.0 Å². The summed E-state index contributed by atoms with van der Waals surface area (Å²) in [6.07, 6.45) is 16.0. The van der Waals surface area contributed by atoms with Gasteiger partial charge in [-0.2, -0.15) is 0 Å². The third kappa shape index (κ3) is 3.18. The van der Waals surface area contributed by atoms with E-state index in [0.29, 0.717) is 0 Å². The Bertz CT molecular complexity index is 493. The molecule has 1 N–H and O–H groups in total. The number of allylic oxidation sites excluding steroid dienone is 8. The van der Waals surface area contributed by atoms with E-state index in [-0.39, 0.29) is 5.83 Å². The number of fused-ring (bicyclic) bond motifs is 1. The van der Waals surface area contributed by atoms with Gasteiger partial charge < -0.3 is 4.98 Å². The van der Waals surface area contributed by atoms with Crippen molar-refractivity contribution in [2.24, 2.45) is 0 Å². The maximum Gasteiger partial charge on any atom is 0.123 e. The number of aromatic amines is 1. The summed E-state index contributed by atoms with van der Waals surface area (Å²) in [7, 11) is 0. The number of aromatic nitrogens is 1. The monoisotopic (exact) mass is 227 g/mol. The number of hydrogen-bond donors (Lipinski definition) is 1. The summed E-state index contributed by atoms with van der Waals surface area (Å²) in [4.78, 5) is 3.14. The second kappa shape index (κ2) is 5.30. The molecule has 1 aliphatic carbocycles. The van der Waals surface area contributed by atoms with Gasteiger partial charge in [0, 0.05) is 11.9 Å². The zero-order chi connectivity index (χ0) is 12.1. The Hall–Kier alpha value is -2.09. The van der Waals surface area contributed by atoms with Gasteiger partial charge in [-0.15, -0.1) is 0 Å². The van der Waals surface area contributed by atoms with E-state index in [4.69, 9.17) is 0 Å². The van der Waals surface area contributed by atoms with E-state index in [1.54, 1.807) is 12.2 Å². The van der Waals surface area contributed by atoms with Crippen LogP contribution in [-0.2, 0) is 0 Å². The van der Waals surface area contributed by atoms with Crippen molar-refractivity contribution in [3.63, 3.8) is 0 Å². The molecule has 2 heteroatoms. The van der Waals surface area contributed by atoms with E-state index in [1.807, 2.05) is 43.5 Å². The molecule has 0 radical (unpaired) electrons. The minimum atomic E-state index is -0.254. The van der Waals surface area contributed by atoms with Crippen LogP contribution in [0.5, 0.6) is 0 Å². The SMILES string of the molecule is CC1=C\C=C\c2[nH]ccc2/C=C\C=C(F)/C=C\1. The topological polar surface area (TPSA) is 15.8 Å². The zero-order valence-electron chi connectivity index (χ0n) is 9.65. The van der Waals surface area contributed by atoms with Crippen LogP contribution in [0.25, 0.3) is 12.2 Å². The first-order valence-electron chi connectivity index (χ1n) is 5.50. The summed E-state index contributed by atoms with van der Waals surface area (Å²) < 4.78 is 13.3. The van der Waals surface area contributed by atoms with Crippen LogP contribution in [0, 0.1) is 0 Å². The van der Waals surface area contributed by atoms with Gasteiger partial charge in [-0.05, 0) is 36.8 Å². The molecule has 17 heavy (non-hydrogen) atoms. The number of H-pyrrole nitrogens is 1. The highest BCUT2D eigenvalue weighted by Crippen LogP contribution is 2.13. The van der Waals surface area contributed by atoms with Crippen molar-refractivity contribution >= 4 is 12.2 Å². The van der Waals surface area contributed by atoms with Crippen molar-refractivity contribution in [2.75, 3.05) is 0 Å².